The zero-order valence-corrected chi connectivity index (χ0v) is 13.2. The molecule has 1 aromatic heterocycles. The summed E-state index contributed by atoms with van der Waals surface area (Å²) in [5.74, 6) is 0. The van der Waals surface area contributed by atoms with Crippen molar-refractivity contribution in [1.82, 2.24) is 0 Å². The van der Waals surface area contributed by atoms with Gasteiger partial charge in [0.2, 0.25) is 0 Å². The summed E-state index contributed by atoms with van der Waals surface area (Å²) < 4.78 is 2.35. The van der Waals surface area contributed by atoms with Gasteiger partial charge in [0.15, 0.2) is 18.4 Å². The number of rotatable bonds is 4. The molecule has 0 saturated carbocycles. The Morgan fingerprint density at radius 2 is 1.67 bits per heavy atom. The minimum absolute atomic E-state index is 0. The van der Waals surface area contributed by atoms with Crippen molar-refractivity contribution >= 4 is 0 Å². The van der Waals surface area contributed by atoms with Crippen molar-refractivity contribution in [1.29, 1.82) is 0 Å². The highest BCUT2D eigenvalue weighted by molar-refractivity contribution is 5.14. The summed E-state index contributed by atoms with van der Waals surface area (Å²) >= 11 is 0. The van der Waals surface area contributed by atoms with Crippen LogP contribution < -0.4 is 28.5 Å². The Hall–Kier alpha value is -0.900. The molecule has 0 radical (unpaired) electrons. The van der Waals surface area contributed by atoms with Gasteiger partial charge in [-0.1, -0.05) is 37.3 Å². The van der Waals surface area contributed by atoms with E-state index in [2.05, 4.69) is 67.1 Å². The fourth-order valence-corrected chi connectivity index (χ4v) is 2.01. The molecule has 0 N–H and O–H groups in total. The Kier molecular flexibility index (Phi) is 6.33. The van der Waals surface area contributed by atoms with Crippen LogP contribution in [0.25, 0.3) is 0 Å². The number of hydrogen-bond acceptors (Lipinski definition) is 0. The average Bonchev–Trinajstić information content (AvgIpc) is 2.39. The summed E-state index contributed by atoms with van der Waals surface area (Å²) in [6.07, 6.45) is 4.48. The number of aromatic nitrogens is 1. The minimum atomic E-state index is 0. The number of aryl methyl sites for hydroxylation is 4. The van der Waals surface area contributed by atoms with Gasteiger partial charge < -0.3 is 24.0 Å². The number of pyridine rings is 1. The molecule has 1 nitrogen and oxygen atoms in total. The van der Waals surface area contributed by atoms with Gasteiger partial charge in [0.05, 0.1) is 0 Å². The van der Waals surface area contributed by atoms with E-state index in [0.29, 0.717) is 0 Å². The molecule has 0 saturated heterocycles. The molecule has 18 heavy (non-hydrogen) atoms. The lowest BCUT2D eigenvalue weighted by Crippen LogP contribution is -3.00. The van der Waals surface area contributed by atoms with Crippen LogP contribution >= 0.6 is 0 Å². The molecule has 0 aliphatic heterocycles. The maximum Gasteiger partial charge on any atom is 0.178 e. The van der Waals surface area contributed by atoms with Gasteiger partial charge in [-0.15, -0.1) is 0 Å². The second-order valence-corrected chi connectivity index (χ2v) is 4.46. The summed E-state index contributed by atoms with van der Waals surface area (Å²) in [5, 5.41) is 0. The lowest BCUT2D eigenvalue weighted by molar-refractivity contribution is -0.702. The molecule has 0 unspecified atom stereocenters. The molecule has 2 rings (SSSR count). The van der Waals surface area contributed by atoms with Crippen LogP contribution in [0.2, 0.25) is 0 Å². The summed E-state index contributed by atoms with van der Waals surface area (Å²) in [5.41, 5.74) is 4.14. The van der Waals surface area contributed by atoms with Crippen molar-refractivity contribution in [3.63, 3.8) is 0 Å². The van der Waals surface area contributed by atoms with E-state index in [1.54, 1.807) is 0 Å². The third-order valence-electron chi connectivity index (χ3n) is 3.21. The molecule has 0 atom stereocenters. The Morgan fingerprint density at radius 1 is 0.944 bits per heavy atom. The Morgan fingerprint density at radius 3 is 2.33 bits per heavy atom. The summed E-state index contributed by atoms with van der Waals surface area (Å²) in [6.45, 7) is 5.43. The first-order valence-corrected chi connectivity index (χ1v) is 6.32. The van der Waals surface area contributed by atoms with Crippen LogP contribution in [0.5, 0.6) is 0 Å². The highest BCUT2D eigenvalue weighted by Crippen LogP contribution is 2.02. The number of nitrogens with zero attached hydrogens (tertiary/aromatic N) is 1. The molecule has 0 amide bonds. The molecule has 2 aromatic rings. The van der Waals surface area contributed by atoms with Crippen molar-refractivity contribution in [2.24, 2.45) is 0 Å². The van der Waals surface area contributed by atoms with Gasteiger partial charge in [-0.2, -0.15) is 0 Å². The quantitative estimate of drug-likeness (QED) is 0.542. The highest BCUT2D eigenvalue weighted by atomic mass is 127. The van der Waals surface area contributed by atoms with Crippen LogP contribution in [-0.2, 0) is 19.4 Å². The van der Waals surface area contributed by atoms with E-state index in [-0.39, 0.29) is 24.0 Å². The normalized spacial score (nSPS) is 9.89. The van der Waals surface area contributed by atoms with Crippen molar-refractivity contribution < 1.29 is 28.5 Å². The van der Waals surface area contributed by atoms with Crippen LogP contribution in [0.15, 0.2) is 48.7 Å². The van der Waals surface area contributed by atoms with Gasteiger partial charge in [0.1, 0.15) is 0 Å². The molecule has 0 bridgehead atoms. The average molecular weight is 353 g/mol. The molecule has 0 spiro atoms. The molecule has 1 heterocycles. The topological polar surface area (TPSA) is 3.88 Å². The third kappa shape index (κ3) is 4.09. The third-order valence-corrected chi connectivity index (χ3v) is 3.21. The number of halogens is 1. The van der Waals surface area contributed by atoms with Crippen molar-refractivity contribution in [2.45, 2.75) is 33.2 Å². The first-order valence-electron chi connectivity index (χ1n) is 6.32. The van der Waals surface area contributed by atoms with Crippen LogP contribution in [0.4, 0.5) is 0 Å². The van der Waals surface area contributed by atoms with E-state index >= 15 is 0 Å². The fourth-order valence-electron chi connectivity index (χ4n) is 2.01. The molecular formula is C16H20IN. The van der Waals surface area contributed by atoms with Crippen LogP contribution in [-0.4, -0.2) is 0 Å². The second kappa shape index (κ2) is 7.52. The number of benzene rings is 1. The maximum atomic E-state index is 2.35. The lowest BCUT2D eigenvalue weighted by atomic mass is 10.1. The van der Waals surface area contributed by atoms with E-state index < -0.39 is 0 Å². The molecule has 1 aromatic carbocycles. The second-order valence-electron chi connectivity index (χ2n) is 4.46. The van der Waals surface area contributed by atoms with Gasteiger partial charge in [0, 0.05) is 25.0 Å². The largest absolute Gasteiger partial charge is 1.00 e. The van der Waals surface area contributed by atoms with Gasteiger partial charge >= 0.3 is 0 Å². The van der Waals surface area contributed by atoms with Crippen LogP contribution in [0, 0.1) is 6.92 Å². The van der Waals surface area contributed by atoms with E-state index in [1.807, 2.05) is 0 Å². The van der Waals surface area contributed by atoms with Gasteiger partial charge in [-0.25, -0.2) is 4.57 Å². The zero-order chi connectivity index (χ0) is 12.1. The zero-order valence-electron chi connectivity index (χ0n) is 11.1. The first-order chi connectivity index (χ1) is 8.29. The SMILES string of the molecule is CCc1ccc(C)[n+](CCc2ccccc2)c1.[I-]. The van der Waals surface area contributed by atoms with Gasteiger partial charge in [-0.05, 0) is 18.1 Å². The van der Waals surface area contributed by atoms with Gasteiger partial charge in [-0.3, -0.25) is 0 Å². The highest BCUT2D eigenvalue weighted by Gasteiger charge is 2.07. The summed E-state index contributed by atoms with van der Waals surface area (Å²) in [6, 6.07) is 15.1. The molecule has 2 heteroatoms. The molecular weight excluding hydrogens is 333 g/mol. The summed E-state index contributed by atoms with van der Waals surface area (Å²) in [4.78, 5) is 0. The molecule has 0 fully saturated rings. The minimum Gasteiger partial charge on any atom is -1.00 e. The van der Waals surface area contributed by atoms with Crippen LogP contribution in [0.3, 0.4) is 0 Å². The van der Waals surface area contributed by atoms with E-state index in [1.165, 1.54) is 16.8 Å². The smallest absolute Gasteiger partial charge is 0.178 e. The van der Waals surface area contributed by atoms with E-state index in [4.69, 9.17) is 0 Å². The van der Waals surface area contributed by atoms with E-state index in [0.717, 1.165) is 19.4 Å². The van der Waals surface area contributed by atoms with E-state index in [9.17, 15) is 0 Å². The maximum absolute atomic E-state index is 2.35. The number of hydrogen-bond donors (Lipinski definition) is 0. The summed E-state index contributed by atoms with van der Waals surface area (Å²) in [7, 11) is 0. The fraction of sp³-hybridized carbons (Fsp3) is 0.312. The monoisotopic (exact) mass is 353 g/mol. The Balaban J connectivity index is 0.00000162. The van der Waals surface area contributed by atoms with Crippen LogP contribution in [0.1, 0.15) is 23.7 Å². The standard InChI is InChI=1S/C16H20N.HI/c1-3-15-10-9-14(2)17(13-15)12-11-16-7-5-4-6-8-16;/h4-10,13H,3,11-12H2,1-2H3;1H/q+1;/p-1. The lowest BCUT2D eigenvalue weighted by Gasteiger charge is -2.03. The predicted molar refractivity (Wildman–Crippen MR) is 70.9 cm³/mol. The molecule has 0 aliphatic carbocycles. The predicted octanol–water partition coefficient (Wildman–Crippen LogP) is 0.0916. The Bertz CT molecular complexity index is 480. The molecule has 96 valence electrons. The van der Waals surface area contributed by atoms with Crippen molar-refractivity contribution in [2.75, 3.05) is 0 Å². The van der Waals surface area contributed by atoms with Crippen molar-refractivity contribution in [3.05, 3.63) is 65.5 Å². The van der Waals surface area contributed by atoms with Gasteiger partial charge in [0.25, 0.3) is 0 Å². The molecule has 0 aliphatic rings. The Labute approximate surface area is 127 Å². The first kappa shape index (κ1) is 15.2. The van der Waals surface area contributed by atoms with Crippen molar-refractivity contribution in [3.8, 4) is 0 Å².